The molecule has 2 atom stereocenters. The number of amides is 1. The Morgan fingerprint density at radius 1 is 1.57 bits per heavy atom. The molecule has 3 N–H and O–H groups in total. The van der Waals surface area contributed by atoms with Crippen LogP contribution in [-0.2, 0) is 11.2 Å². The number of hydrogen-bond donors (Lipinski definition) is 3. The second-order valence-corrected chi connectivity index (χ2v) is 7.25. The zero-order valence-electron chi connectivity index (χ0n) is 12.7. The molecule has 7 heteroatoms. The summed E-state index contributed by atoms with van der Waals surface area (Å²) in [5.41, 5.74) is 2.17. The first kappa shape index (κ1) is 16.4. The lowest BCUT2D eigenvalue weighted by molar-refractivity contribution is -0.117. The van der Waals surface area contributed by atoms with Crippen molar-refractivity contribution in [2.45, 2.75) is 31.9 Å². The van der Waals surface area contributed by atoms with Gasteiger partial charge in [-0.1, -0.05) is 23.7 Å². The molecule has 1 aliphatic heterocycles. The van der Waals surface area contributed by atoms with Crippen molar-refractivity contribution < 1.29 is 9.90 Å². The number of thiazole rings is 1. The van der Waals surface area contributed by atoms with Crippen LogP contribution in [0.25, 0.3) is 0 Å². The Morgan fingerprint density at radius 2 is 2.39 bits per heavy atom. The Kier molecular flexibility index (Phi) is 4.96. The summed E-state index contributed by atoms with van der Waals surface area (Å²) in [5, 5.41) is 16.6. The fourth-order valence-electron chi connectivity index (χ4n) is 2.50. The molecule has 23 heavy (non-hydrogen) atoms. The van der Waals surface area contributed by atoms with Gasteiger partial charge in [0.25, 0.3) is 0 Å². The Morgan fingerprint density at radius 3 is 3.09 bits per heavy atom. The molecule has 0 spiro atoms. The van der Waals surface area contributed by atoms with Crippen molar-refractivity contribution >= 4 is 34.0 Å². The number of nitrogens with one attached hydrogen (secondary N) is 2. The topological polar surface area (TPSA) is 74.2 Å². The van der Waals surface area contributed by atoms with E-state index in [1.54, 1.807) is 6.20 Å². The summed E-state index contributed by atoms with van der Waals surface area (Å²) < 4.78 is 0. The molecule has 2 aromatic rings. The second-order valence-electron chi connectivity index (χ2n) is 5.73. The molecule has 0 saturated carbocycles. The average Bonchev–Trinajstić information content (AvgIpc) is 3.12. The lowest BCUT2D eigenvalue weighted by atomic mass is 10.1. The van der Waals surface area contributed by atoms with Gasteiger partial charge >= 0.3 is 0 Å². The molecule has 3 rings (SSSR count). The summed E-state index contributed by atoms with van der Waals surface area (Å²) >= 11 is 7.59. The van der Waals surface area contributed by atoms with Gasteiger partial charge in [-0.2, -0.15) is 0 Å². The van der Waals surface area contributed by atoms with Crippen LogP contribution in [0, 0.1) is 6.92 Å². The van der Waals surface area contributed by atoms with Crippen molar-refractivity contribution in [2.24, 2.45) is 0 Å². The van der Waals surface area contributed by atoms with Crippen LogP contribution in [0.1, 0.15) is 22.4 Å². The van der Waals surface area contributed by atoms with Crippen molar-refractivity contribution in [1.29, 1.82) is 0 Å². The Bertz CT molecular complexity index is 719. The van der Waals surface area contributed by atoms with Crippen molar-refractivity contribution in [1.82, 2.24) is 10.3 Å². The minimum atomic E-state index is -0.455. The van der Waals surface area contributed by atoms with E-state index in [-0.39, 0.29) is 11.9 Å². The summed E-state index contributed by atoms with van der Waals surface area (Å²) in [6.07, 6.45) is 2.48. The van der Waals surface area contributed by atoms with Gasteiger partial charge in [0.2, 0.25) is 5.91 Å². The zero-order chi connectivity index (χ0) is 16.4. The van der Waals surface area contributed by atoms with Gasteiger partial charge in [0, 0.05) is 29.1 Å². The molecule has 1 saturated heterocycles. The van der Waals surface area contributed by atoms with E-state index < -0.39 is 6.10 Å². The molecule has 0 bridgehead atoms. The molecule has 1 aliphatic rings. The van der Waals surface area contributed by atoms with Crippen LogP contribution in [0.4, 0.5) is 5.13 Å². The van der Waals surface area contributed by atoms with Crippen molar-refractivity contribution in [3.63, 3.8) is 0 Å². The highest BCUT2D eigenvalue weighted by Crippen LogP contribution is 2.24. The normalized spacial score (nSPS) is 20.7. The number of aliphatic hydroxyl groups excluding tert-OH is 1. The van der Waals surface area contributed by atoms with Crippen molar-refractivity contribution in [3.8, 4) is 0 Å². The fourth-order valence-corrected chi connectivity index (χ4v) is 3.56. The standard InChI is InChI=1S/C16H18ClN3O2S/c1-9-2-3-10(5-13(9)17)4-12-8-19-16(23-12)20-15(22)14-6-11(21)7-18-14/h2-3,5,8,11,14,18,21H,4,6-7H2,1H3,(H,19,20,22). The molecule has 2 heterocycles. The number of halogens is 1. The fraction of sp³-hybridized carbons (Fsp3) is 0.375. The third-order valence-electron chi connectivity index (χ3n) is 3.82. The monoisotopic (exact) mass is 351 g/mol. The summed E-state index contributed by atoms with van der Waals surface area (Å²) in [4.78, 5) is 17.4. The second kappa shape index (κ2) is 6.97. The van der Waals surface area contributed by atoms with Gasteiger partial charge in [-0.15, -0.1) is 11.3 Å². The first-order valence-electron chi connectivity index (χ1n) is 7.43. The molecule has 2 unspecified atom stereocenters. The molecule has 1 aromatic carbocycles. The molecule has 1 aromatic heterocycles. The van der Waals surface area contributed by atoms with Gasteiger partial charge in [0.15, 0.2) is 5.13 Å². The van der Waals surface area contributed by atoms with Gasteiger partial charge in [-0.25, -0.2) is 4.98 Å². The van der Waals surface area contributed by atoms with E-state index in [4.69, 9.17) is 11.6 Å². The number of nitrogens with zero attached hydrogens (tertiary/aromatic N) is 1. The number of aromatic nitrogens is 1. The van der Waals surface area contributed by atoms with Gasteiger partial charge < -0.3 is 15.7 Å². The summed E-state index contributed by atoms with van der Waals surface area (Å²) in [6.45, 7) is 2.43. The van der Waals surface area contributed by atoms with Gasteiger partial charge in [0.1, 0.15) is 0 Å². The van der Waals surface area contributed by atoms with E-state index in [0.717, 1.165) is 27.4 Å². The minimum Gasteiger partial charge on any atom is -0.392 e. The molecule has 0 radical (unpaired) electrons. The van der Waals surface area contributed by atoms with E-state index in [0.29, 0.717) is 18.1 Å². The van der Waals surface area contributed by atoms with E-state index in [9.17, 15) is 9.90 Å². The third kappa shape index (κ3) is 4.09. The summed E-state index contributed by atoms with van der Waals surface area (Å²) in [5.74, 6) is -0.152. The molecular weight excluding hydrogens is 334 g/mol. The highest BCUT2D eigenvalue weighted by atomic mass is 35.5. The highest BCUT2D eigenvalue weighted by Gasteiger charge is 2.28. The summed E-state index contributed by atoms with van der Waals surface area (Å²) in [7, 11) is 0. The van der Waals surface area contributed by atoms with Gasteiger partial charge in [-0.3, -0.25) is 4.79 Å². The van der Waals surface area contributed by atoms with Crippen LogP contribution in [-0.4, -0.2) is 34.7 Å². The molecular formula is C16H18ClN3O2S. The number of benzene rings is 1. The molecule has 0 aliphatic carbocycles. The molecule has 122 valence electrons. The van der Waals surface area contributed by atoms with Crippen LogP contribution in [0.15, 0.2) is 24.4 Å². The lowest BCUT2D eigenvalue weighted by Gasteiger charge is -2.08. The molecule has 5 nitrogen and oxygen atoms in total. The van der Waals surface area contributed by atoms with Gasteiger partial charge in [0.05, 0.1) is 12.1 Å². The molecule has 1 fully saturated rings. The number of rotatable bonds is 4. The van der Waals surface area contributed by atoms with E-state index in [1.165, 1.54) is 11.3 Å². The Balaban J connectivity index is 1.61. The zero-order valence-corrected chi connectivity index (χ0v) is 14.2. The number of carbonyl (C=O) groups is 1. The van der Waals surface area contributed by atoms with E-state index in [2.05, 4.69) is 15.6 Å². The Hall–Kier alpha value is -1.47. The number of carbonyl (C=O) groups excluding carboxylic acids is 1. The number of anilines is 1. The van der Waals surface area contributed by atoms with Gasteiger partial charge in [-0.05, 0) is 30.5 Å². The maximum Gasteiger partial charge on any atom is 0.243 e. The maximum absolute atomic E-state index is 12.1. The van der Waals surface area contributed by atoms with Crippen LogP contribution in [0.5, 0.6) is 0 Å². The SMILES string of the molecule is Cc1ccc(Cc2cnc(NC(=O)C3CC(O)CN3)s2)cc1Cl. The van der Waals surface area contributed by atoms with Crippen LogP contribution < -0.4 is 10.6 Å². The maximum atomic E-state index is 12.1. The first-order valence-corrected chi connectivity index (χ1v) is 8.63. The van der Waals surface area contributed by atoms with Crippen molar-refractivity contribution in [2.75, 3.05) is 11.9 Å². The highest BCUT2D eigenvalue weighted by molar-refractivity contribution is 7.15. The number of β-amino-alcohol motifs (C(OH)–C–C–N with tert-alkyl or cyclic N) is 1. The average molecular weight is 352 g/mol. The number of aliphatic hydroxyl groups is 1. The smallest absolute Gasteiger partial charge is 0.243 e. The van der Waals surface area contributed by atoms with E-state index >= 15 is 0 Å². The summed E-state index contributed by atoms with van der Waals surface area (Å²) in [6, 6.07) is 5.65. The first-order chi connectivity index (χ1) is 11.0. The quantitative estimate of drug-likeness (QED) is 0.790. The number of aryl methyl sites for hydroxylation is 1. The van der Waals surface area contributed by atoms with Crippen LogP contribution >= 0.6 is 22.9 Å². The third-order valence-corrected chi connectivity index (χ3v) is 5.14. The predicted molar refractivity (Wildman–Crippen MR) is 92.2 cm³/mol. The lowest BCUT2D eigenvalue weighted by Crippen LogP contribution is -2.35. The largest absolute Gasteiger partial charge is 0.392 e. The number of hydrogen-bond acceptors (Lipinski definition) is 5. The van der Waals surface area contributed by atoms with Crippen LogP contribution in [0.2, 0.25) is 5.02 Å². The Labute approximate surface area is 143 Å². The van der Waals surface area contributed by atoms with Crippen LogP contribution in [0.3, 0.4) is 0 Å². The molecule has 1 amide bonds. The minimum absolute atomic E-state index is 0.152. The van der Waals surface area contributed by atoms with E-state index in [1.807, 2.05) is 25.1 Å². The van der Waals surface area contributed by atoms with Crippen molar-refractivity contribution in [3.05, 3.63) is 45.4 Å². The predicted octanol–water partition coefficient (Wildman–Crippen LogP) is 2.36.